The second-order valence-corrected chi connectivity index (χ2v) is 11.0. The predicted molar refractivity (Wildman–Crippen MR) is 115 cm³/mol. The van der Waals surface area contributed by atoms with Crippen LogP contribution in [0.5, 0.6) is 0 Å². The minimum absolute atomic E-state index is 0.0569. The zero-order valence-electron chi connectivity index (χ0n) is 18.9. The number of carbonyl (C=O) groups excluding carboxylic acids is 3. The lowest BCUT2D eigenvalue weighted by molar-refractivity contribution is -0.151. The van der Waals surface area contributed by atoms with Gasteiger partial charge in [0.25, 0.3) is 0 Å². The van der Waals surface area contributed by atoms with Gasteiger partial charge in [-0.25, -0.2) is 0 Å². The predicted octanol–water partition coefficient (Wildman–Crippen LogP) is 2.72. The number of amides is 3. The van der Waals surface area contributed by atoms with Gasteiger partial charge < -0.3 is 15.5 Å². The average molecular weight is 418 g/mol. The van der Waals surface area contributed by atoms with E-state index in [9.17, 15) is 14.4 Å². The Hall–Kier alpha value is -1.59. The van der Waals surface area contributed by atoms with Crippen LogP contribution in [-0.4, -0.2) is 48.8 Å². The Bertz CT molecular complexity index is 646. The van der Waals surface area contributed by atoms with Crippen LogP contribution in [-0.2, 0) is 14.4 Å². The maximum Gasteiger partial charge on any atom is 0.245 e. The van der Waals surface area contributed by atoms with Gasteiger partial charge in [0.15, 0.2) is 0 Å². The fraction of sp³-hybridized carbons (Fsp3) is 0.875. The molecule has 1 unspecified atom stereocenters. The highest BCUT2D eigenvalue weighted by atomic mass is 16.2. The van der Waals surface area contributed by atoms with Gasteiger partial charge in [0, 0.05) is 32.0 Å². The smallest absolute Gasteiger partial charge is 0.245 e. The van der Waals surface area contributed by atoms with Crippen molar-refractivity contribution < 1.29 is 14.4 Å². The summed E-state index contributed by atoms with van der Waals surface area (Å²) in [5.74, 6) is 2.83. The molecule has 6 nitrogen and oxygen atoms in total. The van der Waals surface area contributed by atoms with E-state index in [4.69, 9.17) is 0 Å². The van der Waals surface area contributed by atoms with E-state index < -0.39 is 6.04 Å². The molecule has 0 spiro atoms. The number of hydrogen-bond donors (Lipinski definition) is 2. The number of rotatable bonds is 6. The number of piperidine rings is 1. The van der Waals surface area contributed by atoms with Crippen molar-refractivity contribution in [2.45, 2.75) is 77.7 Å². The summed E-state index contributed by atoms with van der Waals surface area (Å²) in [6.45, 7) is 5.41. The summed E-state index contributed by atoms with van der Waals surface area (Å²) in [7, 11) is 1.67. The lowest BCUT2D eigenvalue weighted by Gasteiger charge is -2.56. The molecule has 0 aromatic heterocycles. The third-order valence-electron chi connectivity index (χ3n) is 8.42. The molecule has 4 saturated carbocycles. The Labute approximate surface area is 180 Å². The average Bonchev–Trinajstić information content (AvgIpc) is 2.70. The van der Waals surface area contributed by atoms with Crippen molar-refractivity contribution in [1.29, 1.82) is 0 Å². The number of nitrogens with zero attached hydrogens (tertiary/aromatic N) is 1. The molecule has 6 heteroatoms. The Balaban J connectivity index is 1.37. The summed E-state index contributed by atoms with van der Waals surface area (Å²) < 4.78 is 0. The summed E-state index contributed by atoms with van der Waals surface area (Å²) in [4.78, 5) is 40.3. The highest BCUT2D eigenvalue weighted by molar-refractivity contribution is 5.90. The van der Waals surface area contributed by atoms with Gasteiger partial charge in [-0.2, -0.15) is 0 Å². The van der Waals surface area contributed by atoms with Crippen molar-refractivity contribution >= 4 is 17.7 Å². The van der Waals surface area contributed by atoms with Gasteiger partial charge in [-0.3, -0.25) is 14.4 Å². The Kier molecular flexibility index (Phi) is 6.13. The van der Waals surface area contributed by atoms with E-state index in [0.717, 1.165) is 49.9 Å². The summed E-state index contributed by atoms with van der Waals surface area (Å²) >= 11 is 0. The SMILES string of the molecule is CNC(=O)CC1CCN(C(=O)C(NC(=O)C23CC4CC(CC(C4)C2)C3)C(C)C)CC1. The number of carbonyl (C=O) groups is 3. The van der Waals surface area contributed by atoms with Crippen molar-refractivity contribution in [3.05, 3.63) is 0 Å². The minimum atomic E-state index is -0.444. The van der Waals surface area contributed by atoms with Crippen molar-refractivity contribution in [1.82, 2.24) is 15.5 Å². The van der Waals surface area contributed by atoms with Gasteiger partial charge in [-0.15, -0.1) is 0 Å². The van der Waals surface area contributed by atoms with Gasteiger partial charge >= 0.3 is 0 Å². The first kappa shape index (κ1) is 21.6. The normalized spacial score (nSPS) is 34.1. The van der Waals surface area contributed by atoms with Crippen LogP contribution in [0.3, 0.4) is 0 Å². The van der Waals surface area contributed by atoms with E-state index in [-0.39, 0.29) is 29.1 Å². The standard InChI is InChI=1S/C24H39N3O3/c1-15(2)21(22(29)27-6-4-16(5-7-27)11-20(28)25-3)26-23(30)24-12-17-8-18(13-24)10-19(9-17)14-24/h15-19,21H,4-14H2,1-3H3,(H,25,28)(H,26,30). The Morgan fingerprint density at radius 2 is 1.50 bits per heavy atom. The van der Waals surface area contributed by atoms with Crippen LogP contribution in [0.25, 0.3) is 0 Å². The van der Waals surface area contributed by atoms with E-state index in [2.05, 4.69) is 10.6 Å². The first-order valence-electron chi connectivity index (χ1n) is 12.1. The molecule has 168 valence electrons. The van der Waals surface area contributed by atoms with Crippen LogP contribution in [0, 0.1) is 35.0 Å². The second-order valence-electron chi connectivity index (χ2n) is 11.0. The molecule has 0 radical (unpaired) electrons. The fourth-order valence-corrected chi connectivity index (χ4v) is 7.12. The lowest BCUT2D eigenvalue weighted by atomic mass is 9.49. The Morgan fingerprint density at radius 3 is 1.97 bits per heavy atom. The molecule has 5 aliphatic rings. The third kappa shape index (κ3) is 4.24. The van der Waals surface area contributed by atoms with Gasteiger partial charge in [-0.05, 0) is 81.0 Å². The molecule has 1 heterocycles. The van der Waals surface area contributed by atoms with E-state index in [1.807, 2.05) is 18.7 Å². The fourth-order valence-electron chi connectivity index (χ4n) is 7.12. The molecule has 1 saturated heterocycles. The number of likely N-dealkylation sites (tertiary alicyclic amines) is 1. The van der Waals surface area contributed by atoms with E-state index in [0.29, 0.717) is 25.4 Å². The molecule has 4 aliphatic carbocycles. The largest absolute Gasteiger partial charge is 0.359 e. The highest BCUT2D eigenvalue weighted by Crippen LogP contribution is 2.60. The minimum Gasteiger partial charge on any atom is -0.359 e. The molecule has 2 N–H and O–H groups in total. The van der Waals surface area contributed by atoms with Crippen molar-refractivity contribution in [3.8, 4) is 0 Å². The zero-order chi connectivity index (χ0) is 21.5. The van der Waals surface area contributed by atoms with E-state index >= 15 is 0 Å². The first-order chi connectivity index (χ1) is 14.3. The summed E-state index contributed by atoms with van der Waals surface area (Å²) in [5, 5.41) is 5.92. The van der Waals surface area contributed by atoms with Gasteiger partial charge in [-0.1, -0.05) is 13.8 Å². The molecule has 1 aliphatic heterocycles. The maximum absolute atomic E-state index is 13.5. The van der Waals surface area contributed by atoms with E-state index in [1.165, 1.54) is 19.3 Å². The van der Waals surface area contributed by atoms with Gasteiger partial charge in [0.2, 0.25) is 17.7 Å². The second kappa shape index (κ2) is 8.51. The highest BCUT2D eigenvalue weighted by Gasteiger charge is 2.55. The van der Waals surface area contributed by atoms with Gasteiger partial charge in [0.1, 0.15) is 6.04 Å². The zero-order valence-corrected chi connectivity index (χ0v) is 18.9. The molecule has 3 amide bonds. The molecule has 0 aromatic carbocycles. The summed E-state index contributed by atoms with van der Waals surface area (Å²) in [6, 6.07) is -0.444. The topological polar surface area (TPSA) is 78.5 Å². The van der Waals surface area contributed by atoms with Crippen molar-refractivity contribution in [3.63, 3.8) is 0 Å². The van der Waals surface area contributed by atoms with Crippen LogP contribution >= 0.6 is 0 Å². The van der Waals surface area contributed by atoms with Crippen LogP contribution in [0.15, 0.2) is 0 Å². The Morgan fingerprint density at radius 1 is 0.967 bits per heavy atom. The quantitative estimate of drug-likeness (QED) is 0.697. The van der Waals surface area contributed by atoms with Crippen LogP contribution in [0.2, 0.25) is 0 Å². The van der Waals surface area contributed by atoms with Crippen LogP contribution in [0.4, 0.5) is 0 Å². The lowest BCUT2D eigenvalue weighted by Crippen LogP contribution is -2.59. The molecular formula is C24H39N3O3. The maximum atomic E-state index is 13.5. The van der Waals surface area contributed by atoms with Crippen molar-refractivity contribution in [2.75, 3.05) is 20.1 Å². The number of nitrogens with one attached hydrogen (secondary N) is 2. The van der Waals surface area contributed by atoms with Crippen LogP contribution in [0.1, 0.15) is 71.6 Å². The van der Waals surface area contributed by atoms with Crippen molar-refractivity contribution in [2.24, 2.45) is 35.0 Å². The molecule has 5 fully saturated rings. The molecule has 4 bridgehead atoms. The molecule has 5 rings (SSSR count). The van der Waals surface area contributed by atoms with Crippen LogP contribution < -0.4 is 10.6 Å². The monoisotopic (exact) mass is 417 g/mol. The number of hydrogen-bond acceptors (Lipinski definition) is 3. The molecule has 0 aromatic rings. The van der Waals surface area contributed by atoms with E-state index in [1.54, 1.807) is 7.05 Å². The third-order valence-corrected chi connectivity index (χ3v) is 8.42. The first-order valence-corrected chi connectivity index (χ1v) is 12.1. The van der Waals surface area contributed by atoms with Gasteiger partial charge in [0.05, 0.1) is 0 Å². The molecule has 1 atom stereocenters. The summed E-state index contributed by atoms with van der Waals surface area (Å²) in [6.07, 6.45) is 9.24. The molecular weight excluding hydrogens is 378 g/mol. The summed E-state index contributed by atoms with van der Waals surface area (Å²) in [5.41, 5.74) is -0.220. The molecule has 30 heavy (non-hydrogen) atoms.